The van der Waals surface area contributed by atoms with E-state index in [4.69, 9.17) is 14.2 Å². The highest BCUT2D eigenvalue weighted by molar-refractivity contribution is 7.97. The molecule has 1 fully saturated rings. The third-order valence-electron chi connectivity index (χ3n) is 5.78. The second-order valence-electron chi connectivity index (χ2n) is 10.1. The van der Waals surface area contributed by atoms with Crippen molar-refractivity contribution in [1.82, 2.24) is 15.4 Å². The number of rotatable bonds is 14. The minimum Gasteiger partial charge on any atom is -0.490 e. The van der Waals surface area contributed by atoms with Crippen LogP contribution in [0.3, 0.4) is 0 Å². The third-order valence-corrected chi connectivity index (χ3v) is 6.58. The van der Waals surface area contributed by atoms with Gasteiger partial charge in [-0.3, -0.25) is 14.3 Å². The number of amides is 3. The van der Waals surface area contributed by atoms with Crippen LogP contribution in [0.2, 0.25) is 0 Å². The Balaban J connectivity index is 1.95. The maximum Gasteiger partial charge on any atom is 0.417 e. The normalized spacial score (nSPS) is 18.9. The smallest absolute Gasteiger partial charge is 0.417 e. The van der Waals surface area contributed by atoms with Crippen LogP contribution in [0.15, 0.2) is 36.9 Å². The van der Waals surface area contributed by atoms with Gasteiger partial charge in [-0.05, 0) is 75.6 Å². The molecular formula is C27H39N3O7S. The Bertz CT molecular complexity index is 993. The first-order valence-corrected chi connectivity index (χ1v) is 13.5. The molecule has 38 heavy (non-hydrogen) atoms. The van der Waals surface area contributed by atoms with Crippen molar-refractivity contribution in [3.8, 4) is 5.75 Å². The second kappa shape index (κ2) is 14.1. The molecule has 1 aliphatic carbocycles. The van der Waals surface area contributed by atoms with Crippen molar-refractivity contribution in [2.24, 2.45) is 5.92 Å². The van der Waals surface area contributed by atoms with Gasteiger partial charge in [0.2, 0.25) is 11.8 Å². The summed E-state index contributed by atoms with van der Waals surface area (Å²) in [5, 5.41) is 5.54. The van der Waals surface area contributed by atoms with Crippen LogP contribution >= 0.6 is 11.9 Å². The van der Waals surface area contributed by atoms with Gasteiger partial charge in [0.05, 0.1) is 7.11 Å². The monoisotopic (exact) mass is 549 g/mol. The number of methoxy groups -OCH3 is 1. The molecule has 0 heterocycles. The van der Waals surface area contributed by atoms with E-state index in [-0.39, 0.29) is 18.2 Å². The van der Waals surface area contributed by atoms with Crippen LogP contribution in [-0.4, -0.2) is 60.5 Å². The molecule has 1 aromatic carbocycles. The first kappa shape index (κ1) is 31.0. The summed E-state index contributed by atoms with van der Waals surface area (Å²) in [6.07, 6.45) is 3.17. The fourth-order valence-corrected chi connectivity index (χ4v) is 4.57. The number of esters is 1. The second-order valence-corrected chi connectivity index (χ2v) is 11.0. The number of carbonyl (C=O) groups excluding carboxylic acids is 4. The van der Waals surface area contributed by atoms with Crippen LogP contribution in [-0.2, 0) is 30.3 Å². The third kappa shape index (κ3) is 9.92. The summed E-state index contributed by atoms with van der Waals surface area (Å²) in [7, 11) is 1.29. The molecule has 210 valence electrons. The standard InChI is InChI=1S/C27H39N3O7S/c1-7-14-36-21-12-10-19(11-13-21)16-22(28-18(2)31)23(32)29-27(24(33)35-6)17-20(27)9-8-15-38-30-25(34)37-26(3,4)5/h7,10-13,20,22H,1,8-9,14-17H2,2-6H3,(H,28,31)(H,29,32)(H,30,34)/t20?,22-,27+/m0/s1. The first-order valence-electron chi connectivity index (χ1n) is 12.5. The summed E-state index contributed by atoms with van der Waals surface area (Å²) >= 11 is 1.23. The van der Waals surface area contributed by atoms with Crippen molar-refractivity contribution in [3.05, 3.63) is 42.5 Å². The molecule has 0 aromatic heterocycles. The minimum atomic E-state index is -1.13. The summed E-state index contributed by atoms with van der Waals surface area (Å²) in [4.78, 5) is 49.5. The van der Waals surface area contributed by atoms with Crippen molar-refractivity contribution in [3.63, 3.8) is 0 Å². The molecule has 1 unspecified atom stereocenters. The van der Waals surface area contributed by atoms with E-state index in [0.717, 1.165) is 5.56 Å². The average molecular weight is 550 g/mol. The molecule has 2 rings (SSSR count). The molecule has 0 aliphatic heterocycles. The highest BCUT2D eigenvalue weighted by atomic mass is 32.2. The predicted molar refractivity (Wildman–Crippen MR) is 146 cm³/mol. The van der Waals surface area contributed by atoms with Gasteiger partial charge in [-0.25, -0.2) is 9.59 Å². The average Bonchev–Trinajstić information content (AvgIpc) is 3.54. The van der Waals surface area contributed by atoms with E-state index >= 15 is 0 Å². The zero-order valence-corrected chi connectivity index (χ0v) is 23.6. The van der Waals surface area contributed by atoms with Crippen molar-refractivity contribution in [1.29, 1.82) is 0 Å². The summed E-state index contributed by atoms with van der Waals surface area (Å²) in [6, 6.07) is 6.33. The summed E-state index contributed by atoms with van der Waals surface area (Å²) in [6.45, 7) is 10.7. The van der Waals surface area contributed by atoms with Crippen LogP contribution < -0.4 is 20.1 Å². The summed E-state index contributed by atoms with van der Waals surface area (Å²) in [5.74, 6) is -0.159. The van der Waals surface area contributed by atoms with E-state index in [9.17, 15) is 19.2 Å². The van der Waals surface area contributed by atoms with Crippen LogP contribution in [0.5, 0.6) is 5.75 Å². The molecule has 0 bridgehead atoms. The molecule has 3 atom stereocenters. The first-order chi connectivity index (χ1) is 17.9. The van der Waals surface area contributed by atoms with E-state index in [2.05, 4.69) is 21.9 Å². The molecular weight excluding hydrogens is 510 g/mol. The maximum absolute atomic E-state index is 13.2. The highest BCUT2D eigenvalue weighted by Crippen LogP contribution is 2.47. The fraction of sp³-hybridized carbons (Fsp3) is 0.556. The van der Waals surface area contributed by atoms with Gasteiger partial charge in [0.15, 0.2) is 0 Å². The van der Waals surface area contributed by atoms with Gasteiger partial charge in [0.1, 0.15) is 29.5 Å². The number of ether oxygens (including phenoxy) is 3. The van der Waals surface area contributed by atoms with Crippen LogP contribution in [0, 0.1) is 5.92 Å². The molecule has 1 aliphatic rings. The summed E-state index contributed by atoms with van der Waals surface area (Å²) in [5.41, 5.74) is -0.886. The highest BCUT2D eigenvalue weighted by Gasteiger charge is 2.62. The van der Waals surface area contributed by atoms with Gasteiger partial charge in [0.25, 0.3) is 0 Å². The lowest BCUT2D eigenvalue weighted by Gasteiger charge is -2.23. The Morgan fingerprint density at radius 2 is 1.89 bits per heavy atom. The lowest BCUT2D eigenvalue weighted by atomic mass is 10.0. The molecule has 1 aromatic rings. The van der Waals surface area contributed by atoms with E-state index in [0.29, 0.717) is 37.4 Å². The lowest BCUT2D eigenvalue weighted by Crippen LogP contribution is -2.54. The molecule has 10 nitrogen and oxygen atoms in total. The SMILES string of the molecule is C=CCOc1ccc(C[C@H](NC(C)=O)C(=O)N[C@]2(C(=O)OC)CC2CCCSNC(=O)OC(C)(C)C)cc1. The number of nitrogens with one attached hydrogen (secondary N) is 3. The van der Waals surface area contributed by atoms with Gasteiger partial charge in [-0.2, -0.15) is 0 Å². The van der Waals surface area contributed by atoms with Crippen molar-refractivity contribution in [2.45, 2.75) is 70.6 Å². The quantitative estimate of drug-likeness (QED) is 0.139. The number of hydrogen-bond donors (Lipinski definition) is 3. The number of hydrogen-bond acceptors (Lipinski definition) is 8. The topological polar surface area (TPSA) is 132 Å². The molecule has 3 N–H and O–H groups in total. The van der Waals surface area contributed by atoms with Crippen molar-refractivity contribution in [2.75, 3.05) is 19.5 Å². The Morgan fingerprint density at radius 3 is 2.47 bits per heavy atom. The van der Waals surface area contributed by atoms with Gasteiger partial charge >= 0.3 is 12.1 Å². The van der Waals surface area contributed by atoms with Crippen LogP contribution in [0.4, 0.5) is 4.79 Å². The Hall–Kier alpha value is -3.21. The molecule has 11 heteroatoms. The van der Waals surface area contributed by atoms with Gasteiger partial charge in [-0.15, -0.1) is 0 Å². The largest absolute Gasteiger partial charge is 0.490 e. The Labute approximate surface area is 228 Å². The molecule has 0 saturated heterocycles. The number of benzene rings is 1. The number of carbonyl (C=O) groups is 4. The Morgan fingerprint density at radius 1 is 1.21 bits per heavy atom. The van der Waals surface area contributed by atoms with E-state index < -0.39 is 35.2 Å². The lowest BCUT2D eigenvalue weighted by molar-refractivity contribution is -0.147. The van der Waals surface area contributed by atoms with Crippen molar-refractivity contribution < 1.29 is 33.4 Å². The predicted octanol–water partition coefficient (Wildman–Crippen LogP) is 3.30. The van der Waals surface area contributed by atoms with E-state index in [1.54, 1.807) is 39.0 Å². The fourth-order valence-electron chi connectivity index (χ4n) is 4.00. The Kier molecular flexibility index (Phi) is 11.5. The van der Waals surface area contributed by atoms with E-state index in [1.165, 1.54) is 26.0 Å². The zero-order valence-electron chi connectivity index (χ0n) is 22.8. The van der Waals surface area contributed by atoms with Gasteiger partial charge in [-0.1, -0.05) is 24.8 Å². The van der Waals surface area contributed by atoms with Gasteiger partial charge in [0, 0.05) is 19.1 Å². The van der Waals surface area contributed by atoms with Gasteiger partial charge < -0.3 is 24.8 Å². The molecule has 1 saturated carbocycles. The maximum atomic E-state index is 13.2. The van der Waals surface area contributed by atoms with E-state index in [1.807, 2.05) is 12.1 Å². The minimum absolute atomic E-state index is 0.111. The molecule has 0 spiro atoms. The van der Waals surface area contributed by atoms with Crippen LogP contribution in [0.25, 0.3) is 0 Å². The zero-order chi connectivity index (χ0) is 28.3. The molecule has 0 radical (unpaired) electrons. The van der Waals surface area contributed by atoms with Crippen LogP contribution in [0.1, 0.15) is 52.5 Å². The van der Waals surface area contributed by atoms with Crippen molar-refractivity contribution >= 4 is 35.8 Å². The summed E-state index contributed by atoms with van der Waals surface area (Å²) < 4.78 is 18.3. The molecule has 3 amide bonds.